The van der Waals surface area contributed by atoms with Crippen molar-refractivity contribution in [3.8, 4) is 5.75 Å². The first-order chi connectivity index (χ1) is 13.1. The number of hydrogen-bond acceptors (Lipinski definition) is 6. The predicted octanol–water partition coefficient (Wildman–Crippen LogP) is 2.23. The topological polar surface area (TPSA) is 123 Å². The van der Waals surface area contributed by atoms with Crippen LogP contribution in [0.25, 0.3) is 0 Å². The zero-order chi connectivity index (χ0) is 20.5. The summed E-state index contributed by atoms with van der Waals surface area (Å²) in [5.41, 5.74) is 6.04. The first kappa shape index (κ1) is 20.2. The van der Waals surface area contributed by atoms with E-state index in [4.69, 9.17) is 15.2 Å². The number of nitrogens with two attached hydrogens (primary N) is 1. The molecule has 10 heteroatoms. The lowest BCUT2D eigenvalue weighted by atomic mass is 10.1. The Morgan fingerprint density at radius 1 is 1.39 bits per heavy atom. The van der Waals surface area contributed by atoms with Crippen molar-refractivity contribution in [2.24, 2.45) is 10.1 Å². The monoisotopic (exact) mass is 410 g/mol. The lowest BCUT2D eigenvalue weighted by molar-refractivity contribution is 0.0211. The minimum atomic E-state index is -3.83. The van der Waals surface area contributed by atoms with Crippen molar-refractivity contribution < 1.29 is 22.7 Å². The molecule has 3 rings (SSSR count). The molecule has 1 aromatic rings. The number of rotatable bonds is 4. The van der Waals surface area contributed by atoms with Crippen LogP contribution in [0.5, 0.6) is 5.75 Å². The number of benzene rings is 1. The van der Waals surface area contributed by atoms with Crippen LogP contribution >= 0.6 is 0 Å². The average Bonchev–Trinajstić information content (AvgIpc) is 3.00. The van der Waals surface area contributed by atoms with E-state index < -0.39 is 15.8 Å². The van der Waals surface area contributed by atoms with E-state index in [1.54, 1.807) is 23.1 Å². The van der Waals surface area contributed by atoms with Crippen LogP contribution in [0.15, 0.2) is 22.6 Å². The van der Waals surface area contributed by atoms with Gasteiger partial charge in [-0.2, -0.15) is 8.42 Å². The fraction of sp³-hybridized carbons (Fsp3) is 0.556. The van der Waals surface area contributed by atoms with Gasteiger partial charge in [-0.05, 0) is 45.7 Å². The van der Waals surface area contributed by atoms with Gasteiger partial charge in [-0.15, -0.1) is 4.40 Å². The van der Waals surface area contributed by atoms with Crippen molar-refractivity contribution in [3.63, 3.8) is 0 Å². The van der Waals surface area contributed by atoms with Gasteiger partial charge in [-0.3, -0.25) is 4.72 Å². The maximum Gasteiger partial charge on any atom is 0.410 e. The molecule has 0 unspecified atom stereocenters. The van der Waals surface area contributed by atoms with E-state index in [0.29, 0.717) is 36.6 Å². The fourth-order valence-electron chi connectivity index (χ4n) is 3.34. The Balaban J connectivity index is 1.64. The van der Waals surface area contributed by atoms with Gasteiger partial charge in [0.15, 0.2) is 5.84 Å². The van der Waals surface area contributed by atoms with Gasteiger partial charge in [0.2, 0.25) is 0 Å². The molecule has 1 aromatic carbocycles. The SMILES string of the molecule is CC(C)(C)OC(=O)N1CCC[C@@H]1CCOc1cccc2c1C(N)=NS(=O)(=O)N2. The van der Waals surface area contributed by atoms with Crippen LogP contribution in [0.4, 0.5) is 10.5 Å². The Morgan fingerprint density at radius 2 is 2.14 bits per heavy atom. The number of nitrogens with zero attached hydrogens (tertiary/aromatic N) is 2. The number of carbonyl (C=O) groups is 1. The number of amidine groups is 1. The Morgan fingerprint density at radius 3 is 2.86 bits per heavy atom. The highest BCUT2D eigenvalue weighted by molar-refractivity contribution is 7.91. The van der Waals surface area contributed by atoms with Crippen LogP contribution in [0.2, 0.25) is 0 Å². The van der Waals surface area contributed by atoms with Gasteiger partial charge in [0.1, 0.15) is 11.4 Å². The maximum atomic E-state index is 12.4. The number of ether oxygens (including phenoxy) is 2. The van der Waals surface area contributed by atoms with E-state index in [2.05, 4.69) is 9.12 Å². The quantitative estimate of drug-likeness (QED) is 0.784. The molecule has 0 saturated carbocycles. The van der Waals surface area contributed by atoms with Crippen molar-refractivity contribution in [2.75, 3.05) is 17.9 Å². The van der Waals surface area contributed by atoms with Crippen LogP contribution in [-0.4, -0.2) is 50.0 Å². The zero-order valence-electron chi connectivity index (χ0n) is 16.3. The molecule has 1 atom stereocenters. The third-order valence-electron chi connectivity index (χ3n) is 4.45. The fourth-order valence-corrected chi connectivity index (χ4v) is 4.18. The maximum absolute atomic E-state index is 12.4. The molecule has 3 N–H and O–H groups in total. The van der Waals surface area contributed by atoms with Crippen LogP contribution < -0.4 is 15.2 Å². The first-order valence-electron chi connectivity index (χ1n) is 9.20. The van der Waals surface area contributed by atoms with E-state index in [1.807, 2.05) is 20.8 Å². The number of anilines is 1. The third kappa shape index (κ3) is 4.67. The van der Waals surface area contributed by atoms with Crippen LogP contribution in [0, 0.1) is 0 Å². The highest BCUT2D eigenvalue weighted by Crippen LogP contribution is 2.31. The number of amides is 1. The molecule has 1 amide bonds. The molecular formula is C18H26N4O5S. The third-order valence-corrected chi connectivity index (χ3v) is 5.37. The average molecular weight is 410 g/mol. The standard InChI is InChI=1S/C18H26N4O5S/c1-18(2,3)27-17(23)22-10-5-6-12(22)9-11-26-14-8-4-7-13-15(14)16(19)21-28(24,25)20-13/h4,7-8,12,20H,5-6,9-11H2,1-3H3,(H2,19,21)/t12-/m1/s1. The summed E-state index contributed by atoms with van der Waals surface area (Å²) in [5, 5.41) is 0. The van der Waals surface area contributed by atoms with E-state index in [1.165, 1.54) is 0 Å². The molecule has 28 heavy (non-hydrogen) atoms. The van der Waals surface area contributed by atoms with Crippen LogP contribution in [0.1, 0.15) is 45.6 Å². The molecule has 1 saturated heterocycles. The molecule has 2 aliphatic rings. The normalized spacial score (nSPS) is 20.8. The summed E-state index contributed by atoms with van der Waals surface area (Å²) in [6.07, 6.45) is 2.13. The highest BCUT2D eigenvalue weighted by atomic mass is 32.2. The molecule has 2 aliphatic heterocycles. The zero-order valence-corrected chi connectivity index (χ0v) is 17.1. The van der Waals surface area contributed by atoms with Crippen molar-refractivity contribution in [2.45, 2.75) is 51.7 Å². The van der Waals surface area contributed by atoms with E-state index >= 15 is 0 Å². The second kappa shape index (κ2) is 7.50. The minimum absolute atomic E-state index is 0.0407. The van der Waals surface area contributed by atoms with Gasteiger partial charge in [-0.1, -0.05) is 6.07 Å². The molecular weight excluding hydrogens is 384 g/mol. The molecule has 0 spiro atoms. The van der Waals surface area contributed by atoms with Gasteiger partial charge in [0.25, 0.3) is 0 Å². The smallest absolute Gasteiger partial charge is 0.410 e. The summed E-state index contributed by atoms with van der Waals surface area (Å²) in [6.45, 7) is 6.55. The minimum Gasteiger partial charge on any atom is -0.493 e. The van der Waals surface area contributed by atoms with Crippen molar-refractivity contribution in [1.82, 2.24) is 4.90 Å². The largest absolute Gasteiger partial charge is 0.493 e. The van der Waals surface area contributed by atoms with E-state index in [-0.39, 0.29) is 18.0 Å². The van der Waals surface area contributed by atoms with Crippen molar-refractivity contribution in [1.29, 1.82) is 0 Å². The summed E-state index contributed by atoms with van der Waals surface area (Å²) in [5.74, 6) is 0.337. The number of likely N-dealkylation sites (tertiary alicyclic amines) is 1. The summed E-state index contributed by atoms with van der Waals surface area (Å²) in [4.78, 5) is 14.1. The Hall–Kier alpha value is -2.49. The molecule has 154 valence electrons. The molecule has 9 nitrogen and oxygen atoms in total. The number of nitrogens with one attached hydrogen (secondary N) is 1. The molecule has 0 aliphatic carbocycles. The summed E-state index contributed by atoms with van der Waals surface area (Å²) in [7, 11) is -3.83. The van der Waals surface area contributed by atoms with E-state index in [0.717, 1.165) is 12.8 Å². The van der Waals surface area contributed by atoms with Gasteiger partial charge in [0.05, 0.1) is 17.9 Å². The Bertz CT molecular complexity index is 892. The predicted molar refractivity (Wildman–Crippen MR) is 106 cm³/mol. The van der Waals surface area contributed by atoms with Crippen LogP contribution in [0.3, 0.4) is 0 Å². The molecule has 1 fully saturated rings. The number of carbonyl (C=O) groups excluding carboxylic acids is 1. The summed E-state index contributed by atoms with van der Waals surface area (Å²) >= 11 is 0. The first-order valence-corrected chi connectivity index (χ1v) is 10.6. The Labute approximate surface area is 165 Å². The second-order valence-electron chi connectivity index (χ2n) is 7.84. The van der Waals surface area contributed by atoms with Crippen molar-refractivity contribution in [3.05, 3.63) is 23.8 Å². The molecule has 2 heterocycles. The highest BCUT2D eigenvalue weighted by Gasteiger charge is 2.32. The molecule has 0 aromatic heterocycles. The lowest BCUT2D eigenvalue weighted by Crippen LogP contribution is -2.40. The second-order valence-corrected chi connectivity index (χ2v) is 9.18. The Kier molecular flexibility index (Phi) is 5.42. The van der Waals surface area contributed by atoms with E-state index in [9.17, 15) is 13.2 Å². The van der Waals surface area contributed by atoms with Gasteiger partial charge in [-0.25, -0.2) is 4.79 Å². The van der Waals surface area contributed by atoms with Gasteiger partial charge < -0.3 is 20.1 Å². The number of fused-ring (bicyclic) bond motifs is 1. The number of hydrogen-bond donors (Lipinski definition) is 2. The molecule has 0 bridgehead atoms. The van der Waals surface area contributed by atoms with Gasteiger partial charge >= 0.3 is 16.3 Å². The van der Waals surface area contributed by atoms with Crippen molar-refractivity contribution >= 4 is 27.8 Å². The van der Waals surface area contributed by atoms with Crippen LogP contribution in [-0.2, 0) is 14.9 Å². The summed E-state index contributed by atoms with van der Waals surface area (Å²) in [6, 6.07) is 5.03. The summed E-state index contributed by atoms with van der Waals surface area (Å²) < 4.78 is 40.5. The molecule has 0 radical (unpaired) electrons. The van der Waals surface area contributed by atoms with Gasteiger partial charge in [0, 0.05) is 19.0 Å². The lowest BCUT2D eigenvalue weighted by Gasteiger charge is -2.28.